The molecule has 0 aliphatic rings. The molecule has 3 aromatic carbocycles. The van der Waals surface area contributed by atoms with E-state index >= 15 is 0 Å². The predicted octanol–water partition coefficient (Wildman–Crippen LogP) is 5.05. The van der Waals surface area contributed by atoms with Gasteiger partial charge in [-0.05, 0) is 37.0 Å². The van der Waals surface area contributed by atoms with E-state index in [1.165, 1.54) is 11.5 Å². The fourth-order valence-electron chi connectivity index (χ4n) is 2.92. The van der Waals surface area contributed by atoms with Gasteiger partial charge in [-0.3, -0.25) is 0 Å². The summed E-state index contributed by atoms with van der Waals surface area (Å²) in [6.45, 7) is 2.79. The maximum Gasteiger partial charge on any atom is 0.129 e. The van der Waals surface area contributed by atoms with E-state index in [9.17, 15) is 4.39 Å². The summed E-state index contributed by atoms with van der Waals surface area (Å²) in [6, 6.07) is 19.0. The van der Waals surface area contributed by atoms with Crippen LogP contribution in [-0.2, 0) is 13.2 Å². The van der Waals surface area contributed by atoms with Gasteiger partial charge in [0.05, 0.1) is 0 Å². The lowest BCUT2D eigenvalue weighted by Gasteiger charge is -2.16. The highest BCUT2D eigenvalue weighted by Gasteiger charge is 2.10. The van der Waals surface area contributed by atoms with E-state index < -0.39 is 0 Å². The molecule has 0 radical (unpaired) electrons. The zero-order valence-electron chi connectivity index (χ0n) is 16.2. The van der Waals surface area contributed by atoms with Crippen LogP contribution in [0.15, 0.2) is 60.7 Å². The van der Waals surface area contributed by atoms with Gasteiger partial charge in [0.2, 0.25) is 0 Å². The highest BCUT2D eigenvalue weighted by molar-refractivity contribution is 5.87. The molecule has 0 amide bonds. The lowest BCUT2D eigenvalue weighted by atomic mass is 10.0. The first kappa shape index (κ1) is 24.2. The number of hydrogen-bond donors (Lipinski definition) is 1. The Kier molecular flexibility index (Phi) is 10.3. The Labute approximate surface area is 178 Å². The Balaban J connectivity index is 0.00000196. The van der Waals surface area contributed by atoms with Crippen LogP contribution in [0.2, 0.25) is 0 Å². The standard InChI is InChI=1S/C22H25FN2O.2ClH/c1-25(2)14-13-24-15-20-19-9-5-3-7-17(19)11-12-22(20)26-16-18-8-4-6-10-21(18)23;;/h3-12,24H,13-16H2,1-2H3;2*1H. The third-order valence-corrected chi connectivity index (χ3v) is 4.38. The number of rotatable bonds is 8. The van der Waals surface area contributed by atoms with E-state index in [0.717, 1.165) is 29.8 Å². The van der Waals surface area contributed by atoms with Crippen molar-refractivity contribution in [2.45, 2.75) is 13.2 Å². The molecule has 0 bridgehead atoms. The van der Waals surface area contributed by atoms with E-state index in [1.54, 1.807) is 12.1 Å². The lowest BCUT2D eigenvalue weighted by molar-refractivity contribution is 0.296. The second-order valence-electron chi connectivity index (χ2n) is 6.62. The van der Waals surface area contributed by atoms with Crippen molar-refractivity contribution in [2.24, 2.45) is 0 Å². The van der Waals surface area contributed by atoms with Gasteiger partial charge in [0, 0.05) is 30.8 Å². The van der Waals surface area contributed by atoms with Crippen molar-refractivity contribution < 1.29 is 9.13 Å². The molecular formula is C22H27Cl2FN2O. The molecule has 0 heterocycles. The molecule has 3 aromatic rings. The summed E-state index contributed by atoms with van der Waals surface area (Å²) in [4.78, 5) is 2.14. The van der Waals surface area contributed by atoms with Crippen LogP contribution >= 0.6 is 24.8 Å². The maximum absolute atomic E-state index is 13.9. The molecule has 0 unspecified atom stereocenters. The molecule has 0 saturated heterocycles. The highest BCUT2D eigenvalue weighted by Crippen LogP contribution is 2.29. The fourth-order valence-corrected chi connectivity index (χ4v) is 2.92. The molecule has 3 nitrogen and oxygen atoms in total. The molecule has 152 valence electrons. The van der Waals surface area contributed by atoms with Crippen molar-refractivity contribution >= 4 is 35.6 Å². The first-order chi connectivity index (χ1) is 12.6. The quantitative estimate of drug-likeness (QED) is 0.511. The molecule has 6 heteroatoms. The van der Waals surface area contributed by atoms with Gasteiger partial charge in [-0.1, -0.05) is 48.5 Å². The number of hydrogen-bond acceptors (Lipinski definition) is 3. The average molecular weight is 425 g/mol. The molecule has 0 aromatic heterocycles. The third kappa shape index (κ3) is 6.35. The number of nitrogens with one attached hydrogen (secondary N) is 1. The Morgan fingerprint density at radius 3 is 2.39 bits per heavy atom. The Morgan fingerprint density at radius 1 is 0.929 bits per heavy atom. The van der Waals surface area contributed by atoms with Crippen molar-refractivity contribution in [1.82, 2.24) is 10.2 Å². The molecule has 0 fully saturated rings. The lowest BCUT2D eigenvalue weighted by Crippen LogP contribution is -2.26. The van der Waals surface area contributed by atoms with Crippen molar-refractivity contribution in [1.29, 1.82) is 0 Å². The van der Waals surface area contributed by atoms with Gasteiger partial charge in [-0.25, -0.2) is 4.39 Å². The summed E-state index contributed by atoms with van der Waals surface area (Å²) >= 11 is 0. The third-order valence-electron chi connectivity index (χ3n) is 4.38. The monoisotopic (exact) mass is 424 g/mol. The first-order valence-electron chi connectivity index (χ1n) is 8.87. The van der Waals surface area contributed by atoms with Crippen LogP contribution < -0.4 is 10.1 Å². The summed E-state index contributed by atoms with van der Waals surface area (Å²) in [7, 11) is 4.12. The fraction of sp³-hybridized carbons (Fsp3) is 0.273. The Hall–Kier alpha value is -1.85. The van der Waals surface area contributed by atoms with E-state index in [0.29, 0.717) is 12.1 Å². The van der Waals surface area contributed by atoms with E-state index in [2.05, 4.69) is 42.5 Å². The van der Waals surface area contributed by atoms with Crippen LogP contribution in [0.1, 0.15) is 11.1 Å². The molecule has 0 aliphatic carbocycles. The average Bonchev–Trinajstić information content (AvgIpc) is 2.65. The predicted molar refractivity (Wildman–Crippen MR) is 119 cm³/mol. The number of nitrogens with zero attached hydrogens (tertiary/aromatic N) is 1. The van der Waals surface area contributed by atoms with Crippen LogP contribution in [0, 0.1) is 5.82 Å². The van der Waals surface area contributed by atoms with Gasteiger partial charge in [-0.15, -0.1) is 24.8 Å². The van der Waals surface area contributed by atoms with Crippen molar-refractivity contribution in [3.63, 3.8) is 0 Å². The van der Waals surface area contributed by atoms with Crippen LogP contribution in [0.25, 0.3) is 10.8 Å². The minimum Gasteiger partial charge on any atom is -0.488 e. The summed E-state index contributed by atoms with van der Waals surface area (Å²) in [5.41, 5.74) is 1.67. The number of fused-ring (bicyclic) bond motifs is 1. The van der Waals surface area contributed by atoms with Crippen molar-refractivity contribution in [2.75, 3.05) is 27.2 Å². The van der Waals surface area contributed by atoms with Crippen molar-refractivity contribution in [3.8, 4) is 5.75 Å². The van der Waals surface area contributed by atoms with E-state index in [1.807, 2.05) is 24.3 Å². The number of benzene rings is 3. The molecule has 0 aliphatic heterocycles. The minimum absolute atomic E-state index is 0. The van der Waals surface area contributed by atoms with Gasteiger partial charge in [0.15, 0.2) is 0 Å². The van der Waals surface area contributed by atoms with Crippen LogP contribution in [0.5, 0.6) is 5.75 Å². The normalized spacial score (nSPS) is 10.4. The topological polar surface area (TPSA) is 24.5 Å². The summed E-state index contributed by atoms with van der Waals surface area (Å²) in [6.07, 6.45) is 0. The summed E-state index contributed by atoms with van der Waals surface area (Å²) < 4.78 is 19.9. The molecule has 0 saturated carbocycles. The molecule has 3 rings (SSSR count). The van der Waals surface area contributed by atoms with Gasteiger partial charge in [-0.2, -0.15) is 0 Å². The largest absolute Gasteiger partial charge is 0.488 e. The van der Waals surface area contributed by atoms with Crippen LogP contribution in [0.3, 0.4) is 0 Å². The smallest absolute Gasteiger partial charge is 0.129 e. The molecule has 0 spiro atoms. The molecule has 28 heavy (non-hydrogen) atoms. The number of halogens is 3. The number of likely N-dealkylation sites (N-methyl/N-ethyl adjacent to an activating group) is 1. The second kappa shape index (κ2) is 11.9. The van der Waals surface area contributed by atoms with Crippen LogP contribution in [0.4, 0.5) is 4.39 Å². The Bertz CT molecular complexity index is 874. The minimum atomic E-state index is -0.237. The summed E-state index contributed by atoms with van der Waals surface area (Å²) in [5.74, 6) is 0.559. The Morgan fingerprint density at radius 2 is 1.64 bits per heavy atom. The van der Waals surface area contributed by atoms with Crippen molar-refractivity contribution in [3.05, 3.63) is 77.6 Å². The SMILES string of the molecule is CN(C)CCNCc1c(OCc2ccccc2F)ccc2ccccc12.Cl.Cl. The molecular weight excluding hydrogens is 398 g/mol. The van der Waals surface area contributed by atoms with Gasteiger partial charge in [0.25, 0.3) is 0 Å². The first-order valence-corrected chi connectivity index (χ1v) is 8.87. The zero-order chi connectivity index (χ0) is 18.4. The maximum atomic E-state index is 13.9. The number of ether oxygens (including phenoxy) is 1. The molecule has 0 atom stereocenters. The highest BCUT2D eigenvalue weighted by atomic mass is 35.5. The van der Waals surface area contributed by atoms with E-state index in [4.69, 9.17) is 4.74 Å². The van der Waals surface area contributed by atoms with Gasteiger partial charge < -0.3 is 15.0 Å². The summed E-state index contributed by atoms with van der Waals surface area (Å²) in [5, 5.41) is 5.82. The van der Waals surface area contributed by atoms with E-state index in [-0.39, 0.29) is 37.2 Å². The zero-order valence-corrected chi connectivity index (χ0v) is 17.8. The second-order valence-corrected chi connectivity index (χ2v) is 6.62. The molecule has 1 N–H and O–H groups in total. The van der Waals surface area contributed by atoms with Gasteiger partial charge >= 0.3 is 0 Å². The van der Waals surface area contributed by atoms with Gasteiger partial charge in [0.1, 0.15) is 18.2 Å². The van der Waals surface area contributed by atoms with Crippen LogP contribution in [-0.4, -0.2) is 32.1 Å².